The Kier molecular flexibility index (Phi) is 4.16. The molecule has 0 amide bonds. The van der Waals surface area contributed by atoms with Gasteiger partial charge < -0.3 is 4.74 Å². The monoisotopic (exact) mass is 321 g/mol. The topological polar surface area (TPSA) is 52.4 Å². The van der Waals surface area contributed by atoms with Gasteiger partial charge in [0.25, 0.3) is 5.69 Å². The van der Waals surface area contributed by atoms with Crippen LogP contribution >= 0.6 is 15.9 Å². The third-order valence-electron chi connectivity index (χ3n) is 2.73. The van der Waals surface area contributed by atoms with E-state index in [1.165, 1.54) is 6.07 Å². The Labute approximate surface area is 119 Å². The van der Waals surface area contributed by atoms with Gasteiger partial charge in [-0.2, -0.15) is 0 Å². The second-order valence-corrected chi connectivity index (χ2v) is 5.00. The number of benzene rings is 2. The molecule has 5 heteroatoms. The molecule has 0 saturated carbocycles. The lowest BCUT2D eigenvalue weighted by Crippen LogP contribution is -1.99. The molecule has 4 nitrogen and oxygen atoms in total. The van der Waals surface area contributed by atoms with E-state index in [9.17, 15) is 10.1 Å². The summed E-state index contributed by atoms with van der Waals surface area (Å²) in [5.41, 5.74) is 1.60. The summed E-state index contributed by atoms with van der Waals surface area (Å²) in [5, 5.41) is 10.9. The predicted molar refractivity (Wildman–Crippen MR) is 76.3 cm³/mol. The standard InChI is InChI=1S/C14H12BrNO3/c1-10-13(16(17)18)7-12(15)8-14(10)19-9-11-5-3-2-4-6-11/h2-8H,9H2,1H3. The molecule has 0 unspecified atom stereocenters. The number of nitrogens with zero attached hydrogens (tertiary/aromatic N) is 1. The molecule has 98 valence electrons. The van der Waals surface area contributed by atoms with Crippen LogP contribution in [0, 0.1) is 17.0 Å². The van der Waals surface area contributed by atoms with Crippen LogP contribution in [0.25, 0.3) is 0 Å². The van der Waals surface area contributed by atoms with Gasteiger partial charge in [-0.15, -0.1) is 0 Å². The number of nitro groups is 1. The van der Waals surface area contributed by atoms with E-state index in [2.05, 4.69) is 15.9 Å². The number of hydrogen-bond donors (Lipinski definition) is 0. The van der Waals surface area contributed by atoms with Crippen LogP contribution in [0.5, 0.6) is 5.75 Å². The van der Waals surface area contributed by atoms with Crippen LogP contribution < -0.4 is 4.74 Å². The maximum atomic E-state index is 10.9. The summed E-state index contributed by atoms with van der Waals surface area (Å²) in [4.78, 5) is 10.5. The van der Waals surface area contributed by atoms with E-state index in [1.54, 1.807) is 13.0 Å². The molecular weight excluding hydrogens is 310 g/mol. The zero-order valence-corrected chi connectivity index (χ0v) is 11.9. The van der Waals surface area contributed by atoms with Crippen LogP contribution in [-0.2, 0) is 6.61 Å². The van der Waals surface area contributed by atoms with Crippen molar-refractivity contribution in [1.29, 1.82) is 0 Å². The molecule has 0 bridgehead atoms. The van der Waals surface area contributed by atoms with Crippen LogP contribution in [0.1, 0.15) is 11.1 Å². The number of halogens is 1. The van der Waals surface area contributed by atoms with Gasteiger partial charge in [-0.05, 0) is 18.6 Å². The molecule has 0 heterocycles. The minimum atomic E-state index is -0.407. The number of nitro benzene ring substituents is 1. The smallest absolute Gasteiger partial charge is 0.277 e. The molecule has 2 aromatic rings. The summed E-state index contributed by atoms with van der Waals surface area (Å²) in [6.07, 6.45) is 0. The van der Waals surface area contributed by atoms with Crippen molar-refractivity contribution in [2.75, 3.05) is 0 Å². The second-order valence-electron chi connectivity index (χ2n) is 4.08. The van der Waals surface area contributed by atoms with Crippen molar-refractivity contribution < 1.29 is 9.66 Å². The van der Waals surface area contributed by atoms with E-state index in [4.69, 9.17) is 4.74 Å². The van der Waals surface area contributed by atoms with Gasteiger partial charge in [0, 0.05) is 10.5 Å². The predicted octanol–water partition coefficient (Wildman–Crippen LogP) is 4.24. The number of rotatable bonds is 4. The van der Waals surface area contributed by atoms with Crippen molar-refractivity contribution in [1.82, 2.24) is 0 Å². The molecule has 19 heavy (non-hydrogen) atoms. The van der Waals surface area contributed by atoms with E-state index in [-0.39, 0.29) is 5.69 Å². The first-order valence-electron chi connectivity index (χ1n) is 5.69. The Balaban J connectivity index is 2.23. The molecule has 0 spiro atoms. The lowest BCUT2D eigenvalue weighted by Gasteiger charge is -2.10. The van der Waals surface area contributed by atoms with Crippen molar-refractivity contribution in [2.45, 2.75) is 13.5 Å². The maximum Gasteiger partial charge on any atom is 0.277 e. The Morgan fingerprint density at radius 3 is 2.58 bits per heavy atom. The van der Waals surface area contributed by atoms with Gasteiger partial charge in [0.15, 0.2) is 0 Å². The van der Waals surface area contributed by atoms with Gasteiger partial charge in [0.1, 0.15) is 12.4 Å². The van der Waals surface area contributed by atoms with Gasteiger partial charge in [-0.25, -0.2) is 0 Å². The first-order valence-corrected chi connectivity index (χ1v) is 6.48. The van der Waals surface area contributed by atoms with Crippen molar-refractivity contribution >= 4 is 21.6 Å². The first kappa shape index (κ1) is 13.5. The van der Waals surface area contributed by atoms with Crippen molar-refractivity contribution in [3.05, 3.63) is 68.2 Å². The lowest BCUT2D eigenvalue weighted by molar-refractivity contribution is -0.385. The minimum absolute atomic E-state index is 0.0532. The first-order chi connectivity index (χ1) is 9.08. The van der Waals surface area contributed by atoms with E-state index >= 15 is 0 Å². The third-order valence-corrected chi connectivity index (χ3v) is 3.19. The molecule has 0 aliphatic rings. The molecule has 0 radical (unpaired) electrons. The summed E-state index contributed by atoms with van der Waals surface area (Å²) in [5.74, 6) is 0.518. The fourth-order valence-electron chi connectivity index (χ4n) is 1.72. The molecule has 2 aromatic carbocycles. The van der Waals surface area contributed by atoms with Crippen LogP contribution in [-0.4, -0.2) is 4.92 Å². The Hall–Kier alpha value is -1.88. The average molecular weight is 322 g/mol. The lowest BCUT2D eigenvalue weighted by atomic mass is 10.2. The van der Waals surface area contributed by atoms with E-state index < -0.39 is 4.92 Å². The van der Waals surface area contributed by atoms with Crippen LogP contribution in [0.3, 0.4) is 0 Å². The minimum Gasteiger partial charge on any atom is -0.488 e. The van der Waals surface area contributed by atoms with Crippen molar-refractivity contribution in [3.63, 3.8) is 0 Å². The highest BCUT2D eigenvalue weighted by Crippen LogP contribution is 2.32. The van der Waals surface area contributed by atoms with Gasteiger partial charge in [-0.1, -0.05) is 46.3 Å². The normalized spacial score (nSPS) is 10.2. The zero-order valence-electron chi connectivity index (χ0n) is 10.3. The van der Waals surface area contributed by atoms with Gasteiger partial charge in [0.2, 0.25) is 0 Å². The summed E-state index contributed by atoms with van der Waals surface area (Å²) in [6.45, 7) is 2.07. The van der Waals surface area contributed by atoms with E-state index in [1.807, 2.05) is 30.3 Å². The molecular formula is C14H12BrNO3. The highest BCUT2D eigenvalue weighted by molar-refractivity contribution is 9.10. The molecule has 2 rings (SSSR count). The molecule has 0 aliphatic heterocycles. The maximum absolute atomic E-state index is 10.9. The quantitative estimate of drug-likeness (QED) is 0.625. The van der Waals surface area contributed by atoms with Gasteiger partial charge in [0.05, 0.1) is 10.5 Å². The second kappa shape index (κ2) is 5.84. The fourth-order valence-corrected chi connectivity index (χ4v) is 2.14. The van der Waals surface area contributed by atoms with Crippen LogP contribution in [0.2, 0.25) is 0 Å². The largest absolute Gasteiger partial charge is 0.488 e. The van der Waals surface area contributed by atoms with Crippen molar-refractivity contribution in [3.8, 4) is 5.75 Å². The summed E-state index contributed by atoms with van der Waals surface area (Å²) >= 11 is 3.26. The summed E-state index contributed by atoms with van der Waals surface area (Å²) < 4.78 is 6.29. The Morgan fingerprint density at radius 2 is 1.95 bits per heavy atom. The molecule has 0 N–H and O–H groups in total. The van der Waals surface area contributed by atoms with E-state index in [0.29, 0.717) is 22.4 Å². The average Bonchev–Trinajstić information content (AvgIpc) is 2.40. The summed E-state index contributed by atoms with van der Waals surface area (Å²) in [6, 6.07) is 12.9. The molecule has 0 atom stereocenters. The highest BCUT2D eigenvalue weighted by atomic mass is 79.9. The highest BCUT2D eigenvalue weighted by Gasteiger charge is 2.16. The SMILES string of the molecule is Cc1c(OCc2ccccc2)cc(Br)cc1[N+](=O)[O-]. The molecule has 0 aliphatic carbocycles. The van der Waals surface area contributed by atoms with Crippen LogP contribution in [0.4, 0.5) is 5.69 Å². The molecule has 0 aromatic heterocycles. The third kappa shape index (κ3) is 3.32. The van der Waals surface area contributed by atoms with Gasteiger partial charge in [-0.3, -0.25) is 10.1 Å². The Bertz CT molecular complexity index is 599. The zero-order chi connectivity index (χ0) is 13.8. The number of ether oxygens (including phenoxy) is 1. The molecule has 0 fully saturated rings. The van der Waals surface area contributed by atoms with E-state index in [0.717, 1.165) is 5.56 Å². The number of hydrogen-bond acceptors (Lipinski definition) is 3. The fraction of sp³-hybridized carbons (Fsp3) is 0.143. The molecule has 0 saturated heterocycles. The van der Waals surface area contributed by atoms with Crippen molar-refractivity contribution in [2.24, 2.45) is 0 Å². The van der Waals surface area contributed by atoms with Gasteiger partial charge >= 0.3 is 0 Å². The Morgan fingerprint density at radius 1 is 1.26 bits per heavy atom. The summed E-state index contributed by atoms with van der Waals surface area (Å²) in [7, 11) is 0. The van der Waals surface area contributed by atoms with Crippen LogP contribution in [0.15, 0.2) is 46.9 Å².